The van der Waals surface area contributed by atoms with Gasteiger partial charge >= 0.3 is 0 Å². The smallest absolute Gasteiger partial charge is 0.0808 e. The molecule has 2 nitrogen and oxygen atoms in total. The van der Waals surface area contributed by atoms with E-state index < -0.39 is 6.10 Å². The van der Waals surface area contributed by atoms with E-state index in [1.807, 2.05) is 0 Å². The van der Waals surface area contributed by atoms with E-state index in [2.05, 4.69) is 0 Å². The minimum atomic E-state index is -0.558. The zero-order chi connectivity index (χ0) is 11.5. The maximum atomic E-state index is 10.1. The third-order valence-electron chi connectivity index (χ3n) is 2.90. The Morgan fingerprint density at radius 3 is 2.94 bits per heavy atom. The lowest BCUT2D eigenvalue weighted by molar-refractivity contribution is 0.130. The monoisotopic (exact) mass is 260 g/mol. The van der Waals surface area contributed by atoms with Crippen LogP contribution in [-0.4, -0.2) is 18.3 Å². The summed E-state index contributed by atoms with van der Waals surface area (Å²) < 4.78 is 5.28. The summed E-state index contributed by atoms with van der Waals surface area (Å²) >= 11 is 11.9. The van der Waals surface area contributed by atoms with Gasteiger partial charge in [0.05, 0.1) is 6.10 Å². The average molecular weight is 261 g/mol. The van der Waals surface area contributed by atoms with Crippen molar-refractivity contribution in [2.45, 2.75) is 18.9 Å². The molecule has 2 unspecified atom stereocenters. The van der Waals surface area contributed by atoms with Gasteiger partial charge in [-0.3, -0.25) is 0 Å². The first-order valence-electron chi connectivity index (χ1n) is 5.37. The van der Waals surface area contributed by atoms with Crippen molar-refractivity contribution in [3.63, 3.8) is 0 Å². The topological polar surface area (TPSA) is 29.5 Å². The number of ether oxygens (including phenoxy) is 1. The molecule has 0 radical (unpaired) electrons. The molecule has 0 saturated carbocycles. The van der Waals surface area contributed by atoms with Crippen molar-refractivity contribution >= 4 is 23.2 Å². The van der Waals surface area contributed by atoms with Crippen LogP contribution in [0.15, 0.2) is 18.2 Å². The Morgan fingerprint density at radius 2 is 2.25 bits per heavy atom. The summed E-state index contributed by atoms with van der Waals surface area (Å²) in [4.78, 5) is 0. The second-order valence-electron chi connectivity index (χ2n) is 4.15. The molecule has 0 aromatic heterocycles. The van der Waals surface area contributed by atoms with Crippen molar-refractivity contribution in [1.29, 1.82) is 0 Å². The molecule has 0 bridgehead atoms. The van der Waals surface area contributed by atoms with Crippen molar-refractivity contribution in [2.75, 3.05) is 13.2 Å². The van der Waals surface area contributed by atoms with Crippen LogP contribution in [0.25, 0.3) is 0 Å². The molecule has 0 spiro atoms. The number of aliphatic hydroxyl groups excluding tert-OH is 1. The molecule has 0 aliphatic carbocycles. The van der Waals surface area contributed by atoms with E-state index in [9.17, 15) is 5.11 Å². The van der Waals surface area contributed by atoms with Crippen LogP contribution >= 0.6 is 23.2 Å². The molecule has 0 amide bonds. The van der Waals surface area contributed by atoms with Crippen LogP contribution in [0.4, 0.5) is 0 Å². The van der Waals surface area contributed by atoms with Crippen molar-refractivity contribution in [2.24, 2.45) is 5.92 Å². The maximum absolute atomic E-state index is 10.1. The summed E-state index contributed by atoms with van der Waals surface area (Å²) in [7, 11) is 0. The van der Waals surface area contributed by atoms with Gasteiger partial charge in [-0.05, 0) is 37.0 Å². The Kier molecular flexibility index (Phi) is 4.09. The summed E-state index contributed by atoms with van der Waals surface area (Å²) in [5.41, 5.74) is 0.709. The molecule has 1 fully saturated rings. The highest BCUT2D eigenvalue weighted by Gasteiger charge is 2.21. The van der Waals surface area contributed by atoms with Crippen LogP contribution in [0.2, 0.25) is 10.0 Å². The average Bonchev–Trinajstić information content (AvgIpc) is 2.74. The molecule has 1 aliphatic rings. The Balaban J connectivity index is 2.07. The van der Waals surface area contributed by atoms with Gasteiger partial charge in [0.15, 0.2) is 0 Å². The largest absolute Gasteiger partial charge is 0.388 e. The summed E-state index contributed by atoms with van der Waals surface area (Å²) in [5, 5.41) is 11.3. The normalized spacial score (nSPS) is 22.3. The molecule has 1 saturated heterocycles. The van der Waals surface area contributed by atoms with Gasteiger partial charge in [0.2, 0.25) is 0 Å². The Morgan fingerprint density at radius 1 is 1.44 bits per heavy atom. The highest BCUT2D eigenvalue weighted by Crippen LogP contribution is 2.32. The highest BCUT2D eigenvalue weighted by atomic mass is 35.5. The Hall–Kier alpha value is -0.280. The molecule has 16 heavy (non-hydrogen) atoms. The van der Waals surface area contributed by atoms with E-state index in [1.54, 1.807) is 18.2 Å². The molecule has 1 aliphatic heterocycles. The second-order valence-corrected chi connectivity index (χ2v) is 4.99. The van der Waals surface area contributed by atoms with Crippen molar-refractivity contribution in [3.8, 4) is 0 Å². The van der Waals surface area contributed by atoms with Gasteiger partial charge in [0, 0.05) is 28.8 Å². The van der Waals surface area contributed by atoms with Crippen LogP contribution in [0.1, 0.15) is 24.5 Å². The molecule has 4 heteroatoms. The van der Waals surface area contributed by atoms with Crippen LogP contribution in [0.3, 0.4) is 0 Å². The molecule has 1 N–H and O–H groups in total. The van der Waals surface area contributed by atoms with E-state index in [0.717, 1.165) is 19.6 Å². The maximum Gasteiger partial charge on any atom is 0.0808 e. The van der Waals surface area contributed by atoms with Gasteiger partial charge in [0.1, 0.15) is 0 Å². The predicted octanol–water partition coefficient (Wildman–Crippen LogP) is 3.45. The molecule has 2 rings (SSSR count). The molecule has 1 heterocycles. The lowest BCUT2D eigenvalue weighted by Crippen LogP contribution is -2.07. The van der Waals surface area contributed by atoms with E-state index in [-0.39, 0.29) is 0 Å². The van der Waals surface area contributed by atoms with Gasteiger partial charge in [-0.15, -0.1) is 0 Å². The molecule has 1 aromatic rings. The SMILES string of the molecule is OC(CC1CCOC1)c1cc(Cl)ccc1Cl. The van der Waals surface area contributed by atoms with Crippen molar-refractivity contribution < 1.29 is 9.84 Å². The second kappa shape index (κ2) is 5.37. The van der Waals surface area contributed by atoms with Crippen LogP contribution in [-0.2, 0) is 4.74 Å². The first-order chi connectivity index (χ1) is 7.66. The molecule has 2 atom stereocenters. The summed E-state index contributed by atoms with van der Waals surface area (Å²) in [6, 6.07) is 5.16. The number of aliphatic hydroxyl groups is 1. The van der Waals surface area contributed by atoms with E-state index >= 15 is 0 Å². The quantitative estimate of drug-likeness (QED) is 0.902. The van der Waals surface area contributed by atoms with Gasteiger partial charge in [-0.2, -0.15) is 0 Å². The minimum Gasteiger partial charge on any atom is -0.388 e. The fourth-order valence-corrected chi connectivity index (χ4v) is 2.41. The first kappa shape index (κ1) is 12.2. The van der Waals surface area contributed by atoms with Crippen LogP contribution in [0.5, 0.6) is 0 Å². The summed E-state index contributed by atoms with van der Waals surface area (Å²) in [5.74, 6) is 0.421. The fraction of sp³-hybridized carbons (Fsp3) is 0.500. The van der Waals surface area contributed by atoms with Crippen molar-refractivity contribution in [3.05, 3.63) is 33.8 Å². The summed E-state index contributed by atoms with van der Waals surface area (Å²) in [6.45, 7) is 1.52. The first-order valence-corrected chi connectivity index (χ1v) is 6.13. The molecular formula is C12H14Cl2O2. The number of hydrogen-bond donors (Lipinski definition) is 1. The Labute approximate surface area is 105 Å². The van der Waals surface area contributed by atoms with E-state index in [0.29, 0.717) is 27.9 Å². The highest BCUT2D eigenvalue weighted by molar-refractivity contribution is 6.33. The Bertz CT molecular complexity index is 362. The molecular weight excluding hydrogens is 247 g/mol. The standard InChI is InChI=1S/C12H14Cl2O2/c13-9-1-2-11(14)10(6-9)12(15)5-8-3-4-16-7-8/h1-2,6,8,12,15H,3-5,7H2. The third kappa shape index (κ3) is 2.89. The number of hydrogen-bond acceptors (Lipinski definition) is 2. The third-order valence-corrected chi connectivity index (χ3v) is 3.48. The fourth-order valence-electron chi connectivity index (χ4n) is 1.98. The molecule has 1 aromatic carbocycles. The zero-order valence-electron chi connectivity index (χ0n) is 8.83. The lowest BCUT2D eigenvalue weighted by Gasteiger charge is -2.16. The van der Waals surface area contributed by atoms with Crippen LogP contribution < -0.4 is 0 Å². The van der Waals surface area contributed by atoms with E-state index in [4.69, 9.17) is 27.9 Å². The number of benzene rings is 1. The van der Waals surface area contributed by atoms with Crippen LogP contribution in [0, 0.1) is 5.92 Å². The summed E-state index contributed by atoms with van der Waals surface area (Å²) in [6.07, 6.45) is 1.13. The van der Waals surface area contributed by atoms with E-state index in [1.165, 1.54) is 0 Å². The number of halogens is 2. The van der Waals surface area contributed by atoms with Gasteiger partial charge in [-0.25, -0.2) is 0 Å². The number of rotatable bonds is 3. The van der Waals surface area contributed by atoms with Gasteiger partial charge < -0.3 is 9.84 Å². The zero-order valence-corrected chi connectivity index (χ0v) is 10.3. The predicted molar refractivity (Wildman–Crippen MR) is 65.0 cm³/mol. The van der Waals surface area contributed by atoms with Gasteiger partial charge in [0.25, 0.3) is 0 Å². The van der Waals surface area contributed by atoms with Crippen molar-refractivity contribution in [1.82, 2.24) is 0 Å². The molecule has 88 valence electrons. The van der Waals surface area contributed by atoms with Gasteiger partial charge in [-0.1, -0.05) is 23.2 Å². The lowest BCUT2D eigenvalue weighted by atomic mass is 9.96. The minimum absolute atomic E-state index is 0.421.